The second-order valence-corrected chi connectivity index (χ2v) is 7.09. The normalized spacial score (nSPS) is 13.1. The maximum absolute atomic E-state index is 13.2. The maximum Gasteiger partial charge on any atom is 0.416 e. The summed E-state index contributed by atoms with van der Waals surface area (Å²) in [7, 11) is 0. The largest absolute Gasteiger partial charge is 0.416 e. The summed E-state index contributed by atoms with van der Waals surface area (Å²) in [5.41, 5.74) is -4.12. The first-order valence-corrected chi connectivity index (χ1v) is 9.77. The summed E-state index contributed by atoms with van der Waals surface area (Å²) < 4.78 is 93.6. The highest BCUT2D eigenvalue weighted by molar-refractivity contribution is 5.95. The van der Waals surface area contributed by atoms with Gasteiger partial charge in [0.2, 0.25) is 0 Å². The summed E-state index contributed by atoms with van der Waals surface area (Å²) in [4.78, 5) is 26.1. The summed E-state index contributed by atoms with van der Waals surface area (Å²) >= 11 is 0. The van der Waals surface area contributed by atoms with Gasteiger partial charge in [0.05, 0.1) is 23.8 Å². The van der Waals surface area contributed by atoms with Crippen LogP contribution in [0, 0.1) is 0 Å². The molecule has 3 aromatic rings. The number of carbonyl (C=O) groups excluding carboxylic acids is 1. The molecule has 0 spiro atoms. The zero-order valence-corrected chi connectivity index (χ0v) is 17.5. The summed E-state index contributed by atoms with van der Waals surface area (Å²) in [5.74, 6) is -1.03. The van der Waals surface area contributed by atoms with Crippen molar-refractivity contribution in [1.82, 2.24) is 29.6 Å². The predicted molar refractivity (Wildman–Crippen MR) is 103 cm³/mol. The van der Waals surface area contributed by atoms with Crippen molar-refractivity contribution in [3.8, 4) is 5.95 Å². The average molecular weight is 490 g/mol. The Balaban J connectivity index is 2.06. The average Bonchev–Trinajstić information content (AvgIpc) is 3.28. The third-order valence-electron chi connectivity index (χ3n) is 4.79. The number of benzene rings is 1. The van der Waals surface area contributed by atoms with Crippen molar-refractivity contribution in [3.63, 3.8) is 0 Å². The van der Waals surface area contributed by atoms with E-state index in [1.54, 1.807) is 0 Å². The monoisotopic (exact) mass is 490 g/mol. The smallest absolute Gasteiger partial charge is 0.329 e. The predicted octanol–water partition coefficient (Wildman–Crippen LogP) is 4.66. The van der Waals surface area contributed by atoms with Gasteiger partial charge >= 0.3 is 12.4 Å². The van der Waals surface area contributed by atoms with E-state index in [1.807, 2.05) is 0 Å². The summed E-state index contributed by atoms with van der Waals surface area (Å²) in [6, 6.07) is 1.09. The molecule has 0 fully saturated rings. The Morgan fingerprint density at radius 2 is 1.59 bits per heavy atom. The van der Waals surface area contributed by atoms with Crippen LogP contribution in [0.2, 0.25) is 0 Å². The van der Waals surface area contributed by atoms with Crippen molar-refractivity contribution in [2.45, 2.75) is 31.7 Å². The zero-order valence-electron chi connectivity index (χ0n) is 17.5. The molecular weight excluding hydrogens is 473 g/mol. The van der Waals surface area contributed by atoms with E-state index >= 15 is 0 Å². The van der Waals surface area contributed by atoms with Gasteiger partial charge < -0.3 is 4.90 Å². The van der Waals surface area contributed by atoms with Crippen LogP contribution in [0.1, 0.15) is 46.7 Å². The Morgan fingerprint density at radius 1 is 1.00 bits per heavy atom. The molecule has 14 heteroatoms. The third-order valence-corrected chi connectivity index (χ3v) is 4.79. The molecule has 2 aromatic heterocycles. The molecule has 1 unspecified atom stereocenters. The van der Waals surface area contributed by atoms with E-state index in [0.717, 1.165) is 15.9 Å². The van der Waals surface area contributed by atoms with Crippen LogP contribution in [0.5, 0.6) is 0 Å². The van der Waals surface area contributed by atoms with Gasteiger partial charge in [0, 0.05) is 24.5 Å². The minimum atomic E-state index is -5.13. The molecule has 3 rings (SSSR count). The molecule has 0 aliphatic heterocycles. The quantitative estimate of drug-likeness (QED) is 0.451. The van der Waals surface area contributed by atoms with Gasteiger partial charge in [-0.1, -0.05) is 0 Å². The van der Waals surface area contributed by atoms with Crippen LogP contribution in [0.15, 0.2) is 43.0 Å². The lowest BCUT2D eigenvalue weighted by molar-refractivity contribution is -0.143. The fourth-order valence-electron chi connectivity index (χ4n) is 3.17. The summed E-state index contributed by atoms with van der Waals surface area (Å²) in [5, 5.41) is 3.97. The van der Waals surface area contributed by atoms with E-state index in [-0.39, 0.29) is 30.8 Å². The molecule has 0 aliphatic rings. The Labute approximate surface area is 188 Å². The van der Waals surface area contributed by atoms with Gasteiger partial charge in [-0.05, 0) is 37.6 Å². The number of aromatic nitrogens is 5. The van der Waals surface area contributed by atoms with Gasteiger partial charge in [0.15, 0.2) is 5.82 Å². The zero-order chi connectivity index (χ0) is 25.1. The number of amides is 1. The lowest BCUT2D eigenvalue weighted by Crippen LogP contribution is -2.36. The van der Waals surface area contributed by atoms with Crippen molar-refractivity contribution in [2.24, 2.45) is 0 Å². The van der Waals surface area contributed by atoms with Crippen molar-refractivity contribution in [1.29, 1.82) is 0 Å². The first-order chi connectivity index (χ1) is 15.9. The van der Waals surface area contributed by atoms with Crippen molar-refractivity contribution < 1.29 is 35.5 Å². The van der Waals surface area contributed by atoms with E-state index in [2.05, 4.69) is 20.1 Å². The summed E-state index contributed by atoms with van der Waals surface area (Å²) in [6.45, 7) is 0.246. The number of halogens is 7. The molecule has 0 aliphatic carbocycles. The molecule has 1 aromatic carbocycles. The van der Waals surface area contributed by atoms with E-state index < -0.39 is 47.7 Å². The number of alkyl halides is 7. The van der Waals surface area contributed by atoms with Crippen LogP contribution >= 0.6 is 0 Å². The molecule has 182 valence electrons. The Morgan fingerprint density at radius 3 is 2.12 bits per heavy atom. The van der Waals surface area contributed by atoms with Gasteiger partial charge in [-0.25, -0.2) is 15.0 Å². The second-order valence-electron chi connectivity index (χ2n) is 7.09. The molecule has 0 saturated carbocycles. The lowest BCUT2D eigenvalue weighted by Gasteiger charge is -2.29. The van der Waals surface area contributed by atoms with Gasteiger partial charge in [-0.3, -0.25) is 9.18 Å². The molecule has 1 amide bonds. The molecule has 2 heterocycles. The van der Waals surface area contributed by atoms with Crippen LogP contribution in [0.3, 0.4) is 0 Å². The fraction of sp³-hybridized carbons (Fsp3) is 0.350. The summed E-state index contributed by atoms with van der Waals surface area (Å²) in [6.07, 6.45) is -6.53. The molecule has 0 bridgehead atoms. The first-order valence-electron chi connectivity index (χ1n) is 9.77. The van der Waals surface area contributed by atoms with E-state index in [1.165, 1.54) is 25.4 Å². The molecule has 0 saturated heterocycles. The molecular formula is C20H17F7N6O. The molecule has 0 N–H and O–H groups in total. The Hall–Kier alpha value is -3.58. The third kappa shape index (κ3) is 5.48. The minimum absolute atomic E-state index is 0.0677. The van der Waals surface area contributed by atoms with Crippen molar-refractivity contribution in [2.75, 3.05) is 13.2 Å². The molecule has 1 atom stereocenters. The number of hydrogen-bond donors (Lipinski definition) is 0. The van der Waals surface area contributed by atoms with Crippen LogP contribution in [0.25, 0.3) is 5.95 Å². The highest BCUT2D eigenvalue weighted by atomic mass is 19.4. The molecule has 0 radical (unpaired) electrons. The number of nitrogens with zero attached hydrogens (tertiary/aromatic N) is 6. The van der Waals surface area contributed by atoms with E-state index in [9.17, 15) is 35.5 Å². The number of rotatable bonds is 7. The number of carbonyl (C=O) groups is 1. The van der Waals surface area contributed by atoms with Crippen molar-refractivity contribution in [3.05, 3.63) is 65.5 Å². The molecule has 34 heavy (non-hydrogen) atoms. The van der Waals surface area contributed by atoms with Crippen LogP contribution in [0.4, 0.5) is 30.7 Å². The standard InChI is InChI=1S/C20H17F7N6O/c1-12(16-30-11-31-33(16)18-28-5-3-6-29-18)32(7-2-4-21)17(34)13-8-14(19(22,23)24)10-15(9-13)20(25,26)27/h3,5-6,8-12H,2,4,7H2,1H3. The van der Waals surface area contributed by atoms with E-state index in [0.29, 0.717) is 12.1 Å². The highest BCUT2D eigenvalue weighted by Gasteiger charge is 2.38. The number of hydrogen-bond acceptors (Lipinski definition) is 5. The Bertz CT molecular complexity index is 1100. The van der Waals surface area contributed by atoms with Crippen LogP contribution in [-0.4, -0.2) is 48.8 Å². The fourth-order valence-corrected chi connectivity index (χ4v) is 3.17. The highest BCUT2D eigenvalue weighted by Crippen LogP contribution is 2.37. The SMILES string of the molecule is CC(c1ncnn1-c1ncccn1)N(CCCF)C(=O)c1cc(C(F)(F)F)cc(C(F)(F)F)c1. The van der Waals surface area contributed by atoms with Gasteiger partial charge in [0.25, 0.3) is 11.9 Å². The van der Waals surface area contributed by atoms with Crippen molar-refractivity contribution >= 4 is 5.91 Å². The lowest BCUT2D eigenvalue weighted by atomic mass is 10.0. The van der Waals surface area contributed by atoms with Crippen LogP contribution in [-0.2, 0) is 12.4 Å². The van der Waals surface area contributed by atoms with Crippen LogP contribution < -0.4 is 0 Å². The Kier molecular flexibility index (Phi) is 7.17. The van der Waals surface area contributed by atoms with E-state index in [4.69, 9.17) is 0 Å². The van der Waals surface area contributed by atoms with Gasteiger partial charge in [0.1, 0.15) is 6.33 Å². The molecule has 7 nitrogen and oxygen atoms in total. The van der Waals surface area contributed by atoms with Gasteiger partial charge in [-0.15, -0.1) is 0 Å². The second kappa shape index (κ2) is 9.73. The first kappa shape index (κ1) is 25.1. The topological polar surface area (TPSA) is 76.8 Å². The van der Waals surface area contributed by atoms with Gasteiger partial charge in [-0.2, -0.15) is 36.1 Å². The maximum atomic E-state index is 13.2. The minimum Gasteiger partial charge on any atom is -0.329 e.